The molecule has 0 aromatic heterocycles. The first-order chi connectivity index (χ1) is 7.84. The van der Waals surface area contributed by atoms with Crippen LogP contribution in [-0.4, -0.2) is 30.7 Å². The minimum absolute atomic E-state index is 0.114. The number of hydrogen-bond acceptors (Lipinski definition) is 3. The second-order valence-corrected chi connectivity index (χ2v) is 5.30. The molecule has 0 saturated carbocycles. The molecule has 3 rings (SSSR count). The van der Waals surface area contributed by atoms with Gasteiger partial charge in [0.1, 0.15) is 5.75 Å². The smallest absolute Gasteiger partial charge is 0.155 e. The Morgan fingerprint density at radius 3 is 3.19 bits per heavy atom. The van der Waals surface area contributed by atoms with Crippen molar-refractivity contribution in [1.29, 1.82) is 0 Å². The average Bonchev–Trinajstić information content (AvgIpc) is 2.44. The van der Waals surface area contributed by atoms with Crippen LogP contribution in [-0.2, 0) is 0 Å². The van der Waals surface area contributed by atoms with Gasteiger partial charge in [-0.3, -0.25) is 0 Å². The summed E-state index contributed by atoms with van der Waals surface area (Å²) in [6.07, 6.45) is 1.02. The van der Waals surface area contributed by atoms with Gasteiger partial charge in [-0.2, -0.15) is 0 Å². The predicted molar refractivity (Wildman–Crippen MR) is 68.4 cm³/mol. The van der Waals surface area contributed by atoms with Crippen LogP contribution in [0.2, 0.25) is 0 Å². The average molecular weight is 283 g/mol. The van der Waals surface area contributed by atoms with Gasteiger partial charge in [0, 0.05) is 32.1 Å². The fourth-order valence-electron chi connectivity index (χ4n) is 2.48. The van der Waals surface area contributed by atoms with Crippen molar-refractivity contribution in [2.24, 2.45) is 0 Å². The summed E-state index contributed by atoms with van der Waals surface area (Å²) in [6, 6.07) is 8.84. The van der Waals surface area contributed by atoms with Gasteiger partial charge in [-0.25, -0.2) is 0 Å². The maximum atomic E-state index is 5.90. The molecule has 2 aliphatic heterocycles. The number of benzene rings is 1. The van der Waals surface area contributed by atoms with Crippen LogP contribution in [0.15, 0.2) is 24.3 Å². The number of nitrogens with zero attached hydrogens (tertiary/aromatic N) is 1. The first-order valence-corrected chi connectivity index (χ1v) is 6.63. The van der Waals surface area contributed by atoms with E-state index in [1.807, 2.05) is 12.1 Å². The van der Waals surface area contributed by atoms with Gasteiger partial charge >= 0.3 is 0 Å². The lowest BCUT2D eigenvalue weighted by atomic mass is 10.1. The molecular formula is C12H15BrN2O. The molecule has 16 heavy (non-hydrogen) atoms. The van der Waals surface area contributed by atoms with Crippen molar-refractivity contribution in [1.82, 2.24) is 5.32 Å². The molecule has 0 amide bonds. The quantitative estimate of drug-likeness (QED) is 0.737. The van der Waals surface area contributed by atoms with Crippen LogP contribution in [0.5, 0.6) is 5.75 Å². The van der Waals surface area contributed by atoms with Crippen molar-refractivity contribution < 1.29 is 4.74 Å². The number of rotatable bonds is 0. The van der Waals surface area contributed by atoms with Gasteiger partial charge in [-0.05, 0) is 28.1 Å². The zero-order valence-electron chi connectivity index (χ0n) is 9.03. The Labute approximate surface area is 104 Å². The van der Waals surface area contributed by atoms with E-state index < -0.39 is 0 Å². The molecule has 2 heterocycles. The highest BCUT2D eigenvalue weighted by atomic mass is 79.9. The largest absolute Gasteiger partial charge is 0.477 e. The lowest BCUT2D eigenvalue weighted by molar-refractivity contribution is 0.277. The standard InChI is InChI=1S/C12H15BrN2O/c13-12-7-9-8-14-5-6-15(9)10-3-1-2-4-11(10)16-12/h1-4,9,12,14H,5-8H2/t9-,12?/m0/s1. The molecule has 1 unspecified atom stereocenters. The van der Waals surface area contributed by atoms with E-state index in [4.69, 9.17) is 4.74 Å². The highest BCUT2D eigenvalue weighted by molar-refractivity contribution is 9.09. The summed E-state index contributed by atoms with van der Waals surface area (Å²) in [5.41, 5.74) is 1.23. The Morgan fingerprint density at radius 2 is 2.25 bits per heavy atom. The van der Waals surface area contributed by atoms with E-state index in [1.165, 1.54) is 5.69 Å². The van der Waals surface area contributed by atoms with E-state index in [-0.39, 0.29) is 5.01 Å². The molecule has 3 nitrogen and oxygen atoms in total. The number of anilines is 1. The number of fused-ring (bicyclic) bond motifs is 3. The Bertz CT molecular complexity index is 385. The molecule has 1 N–H and O–H groups in total. The Hall–Kier alpha value is -0.740. The topological polar surface area (TPSA) is 24.5 Å². The highest BCUT2D eigenvalue weighted by Gasteiger charge is 2.30. The number of piperazine rings is 1. The summed E-state index contributed by atoms with van der Waals surface area (Å²) in [4.78, 5) is 2.47. The van der Waals surface area contributed by atoms with E-state index in [0.717, 1.165) is 31.8 Å². The summed E-state index contributed by atoms with van der Waals surface area (Å²) in [7, 11) is 0. The molecule has 0 spiro atoms. The van der Waals surface area contributed by atoms with Crippen LogP contribution in [0.1, 0.15) is 6.42 Å². The number of para-hydroxylation sites is 2. The first-order valence-electron chi connectivity index (χ1n) is 5.72. The molecule has 1 aromatic rings. The minimum atomic E-state index is 0.114. The fraction of sp³-hybridized carbons (Fsp3) is 0.500. The first kappa shape index (κ1) is 10.4. The van der Waals surface area contributed by atoms with E-state index in [0.29, 0.717) is 6.04 Å². The molecule has 1 saturated heterocycles. The van der Waals surface area contributed by atoms with Crippen LogP contribution >= 0.6 is 15.9 Å². The van der Waals surface area contributed by atoms with Crippen molar-refractivity contribution >= 4 is 21.6 Å². The van der Waals surface area contributed by atoms with Gasteiger partial charge in [0.15, 0.2) is 5.01 Å². The van der Waals surface area contributed by atoms with Crippen LogP contribution in [0.4, 0.5) is 5.69 Å². The van der Waals surface area contributed by atoms with E-state index in [9.17, 15) is 0 Å². The van der Waals surface area contributed by atoms with Crippen molar-refractivity contribution in [3.63, 3.8) is 0 Å². The third-order valence-electron chi connectivity index (χ3n) is 3.24. The van der Waals surface area contributed by atoms with Crippen LogP contribution in [0.25, 0.3) is 0 Å². The van der Waals surface area contributed by atoms with Crippen molar-refractivity contribution in [2.75, 3.05) is 24.5 Å². The van der Waals surface area contributed by atoms with Gasteiger partial charge < -0.3 is 15.0 Å². The second kappa shape index (κ2) is 4.26. The van der Waals surface area contributed by atoms with E-state index in [1.54, 1.807) is 0 Å². The van der Waals surface area contributed by atoms with Gasteiger partial charge in [0.25, 0.3) is 0 Å². The number of halogens is 1. The fourth-order valence-corrected chi connectivity index (χ4v) is 3.12. The number of alkyl halides is 1. The zero-order valence-corrected chi connectivity index (χ0v) is 10.6. The molecule has 2 atom stereocenters. The zero-order chi connectivity index (χ0) is 11.0. The summed E-state index contributed by atoms with van der Waals surface area (Å²) >= 11 is 3.59. The van der Waals surface area contributed by atoms with E-state index >= 15 is 0 Å². The van der Waals surface area contributed by atoms with Crippen molar-refractivity contribution in [2.45, 2.75) is 17.5 Å². The van der Waals surface area contributed by atoms with Gasteiger partial charge in [-0.15, -0.1) is 0 Å². The van der Waals surface area contributed by atoms with Gasteiger partial charge in [0.05, 0.1) is 5.69 Å². The summed E-state index contributed by atoms with van der Waals surface area (Å²) in [5, 5.41) is 3.56. The Balaban J connectivity index is 2.01. The summed E-state index contributed by atoms with van der Waals surface area (Å²) in [5.74, 6) is 0.994. The van der Waals surface area contributed by atoms with Gasteiger partial charge in [0.2, 0.25) is 0 Å². The highest BCUT2D eigenvalue weighted by Crippen LogP contribution is 2.36. The molecule has 0 bridgehead atoms. The Kier molecular flexibility index (Phi) is 2.77. The molecular weight excluding hydrogens is 268 g/mol. The second-order valence-electron chi connectivity index (χ2n) is 4.28. The SMILES string of the molecule is BrC1C[C@H]2CNCCN2c2ccccc2O1. The molecule has 2 aliphatic rings. The summed E-state index contributed by atoms with van der Waals surface area (Å²) in [6.45, 7) is 3.16. The molecule has 86 valence electrons. The predicted octanol–water partition coefficient (Wildman–Crippen LogP) is 1.97. The third kappa shape index (κ3) is 1.80. The molecule has 1 aromatic carbocycles. The lowest BCUT2D eigenvalue weighted by Crippen LogP contribution is -2.51. The maximum Gasteiger partial charge on any atom is 0.155 e. The van der Waals surface area contributed by atoms with Crippen LogP contribution in [0.3, 0.4) is 0 Å². The van der Waals surface area contributed by atoms with Crippen molar-refractivity contribution in [3.05, 3.63) is 24.3 Å². The lowest BCUT2D eigenvalue weighted by Gasteiger charge is -2.36. The maximum absolute atomic E-state index is 5.90. The number of nitrogens with one attached hydrogen (secondary N) is 1. The number of ether oxygens (including phenoxy) is 1. The Morgan fingerprint density at radius 1 is 1.38 bits per heavy atom. The molecule has 4 heteroatoms. The van der Waals surface area contributed by atoms with Crippen LogP contribution in [0, 0.1) is 0 Å². The normalized spacial score (nSPS) is 28.7. The van der Waals surface area contributed by atoms with E-state index in [2.05, 4.69) is 38.3 Å². The van der Waals surface area contributed by atoms with Crippen molar-refractivity contribution in [3.8, 4) is 5.75 Å². The monoisotopic (exact) mass is 282 g/mol. The van der Waals surface area contributed by atoms with Gasteiger partial charge in [-0.1, -0.05) is 12.1 Å². The number of hydrogen-bond donors (Lipinski definition) is 1. The molecule has 1 fully saturated rings. The summed E-state index contributed by atoms with van der Waals surface area (Å²) < 4.78 is 5.90. The third-order valence-corrected chi connectivity index (χ3v) is 3.80. The minimum Gasteiger partial charge on any atom is -0.477 e. The molecule has 0 radical (unpaired) electrons. The molecule has 0 aliphatic carbocycles. The van der Waals surface area contributed by atoms with Crippen LogP contribution < -0.4 is 15.0 Å².